The summed E-state index contributed by atoms with van der Waals surface area (Å²) in [4.78, 5) is 31.9. The first-order valence-electron chi connectivity index (χ1n) is 5.08. The van der Waals surface area contributed by atoms with Crippen molar-refractivity contribution in [3.05, 3.63) is 0 Å². The number of nitrogens with two attached hydrogens (primary N) is 1. The molecule has 3 amide bonds. The molecule has 0 radical (unpaired) electrons. The van der Waals surface area contributed by atoms with Gasteiger partial charge in [-0.1, -0.05) is 0 Å². The van der Waals surface area contributed by atoms with Crippen LogP contribution in [0, 0.1) is 5.92 Å². The van der Waals surface area contributed by atoms with Gasteiger partial charge in [-0.15, -0.1) is 0 Å². The van der Waals surface area contributed by atoms with E-state index in [4.69, 9.17) is 10.5 Å². The number of rotatable bonds is 4. The monoisotopic (exact) mass is 229 g/mol. The molecule has 0 spiro atoms. The number of carbonyl (C=O) groups is 3. The molecule has 0 aromatic heterocycles. The van der Waals surface area contributed by atoms with Crippen LogP contribution in [0.1, 0.15) is 25.7 Å². The molecule has 0 atom stereocenters. The largest absolute Gasteiger partial charge is 0.446 e. The third kappa shape index (κ3) is 3.76. The number of primary amides is 1. The van der Waals surface area contributed by atoms with Gasteiger partial charge in [-0.05, 0) is 25.7 Å². The molecule has 1 rings (SSSR count). The fraction of sp³-hybridized carbons (Fsp3) is 0.667. The molecule has 1 aliphatic carbocycles. The van der Waals surface area contributed by atoms with E-state index in [1.807, 2.05) is 0 Å². The third-order valence-corrected chi connectivity index (χ3v) is 2.58. The van der Waals surface area contributed by atoms with E-state index >= 15 is 0 Å². The second kappa shape index (κ2) is 5.94. The summed E-state index contributed by atoms with van der Waals surface area (Å²) in [6.45, 7) is 0. The molecular formula is C9H15N3O4. The van der Waals surface area contributed by atoms with E-state index in [-0.39, 0.29) is 17.9 Å². The van der Waals surface area contributed by atoms with Crippen LogP contribution < -0.4 is 16.6 Å². The molecule has 1 fully saturated rings. The summed E-state index contributed by atoms with van der Waals surface area (Å²) < 4.78 is 4.84. The van der Waals surface area contributed by atoms with Gasteiger partial charge < -0.3 is 10.5 Å². The summed E-state index contributed by atoms with van der Waals surface area (Å²) in [6, 6.07) is 0. The van der Waals surface area contributed by atoms with Gasteiger partial charge in [0.2, 0.25) is 12.3 Å². The summed E-state index contributed by atoms with van der Waals surface area (Å²) in [6.07, 6.45) is 1.88. The number of nitrogens with one attached hydrogen (secondary N) is 2. The maximum Gasteiger partial charge on any atom is 0.404 e. The van der Waals surface area contributed by atoms with E-state index in [1.165, 1.54) is 0 Å². The van der Waals surface area contributed by atoms with Crippen LogP contribution >= 0.6 is 0 Å². The Morgan fingerprint density at radius 2 is 1.88 bits per heavy atom. The van der Waals surface area contributed by atoms with Crippen LogP contribution in [-0.4, -0.2) is 24.5 Å². The lowest BCUT2D eigenvalue weighted by Crippen LogP contribution is -2.42. The Labute approximate surface area is 92.7 Å². The Morgan fingerprint density at radius 3 is 2.38 bits per heavy atom. The minimum atomic E-state index is -0.782. The molecule has 0 heterocycles. The first-order valence-corrected chi connectivity index (χ1v) is 5.08. The minimum Gasteiger partial charge on any atom is -0.446 e. The Hall–Kier alpha value is -1.79. The van der Waals surface area contributed by atoms with Crippen LogP contribution in [0.4, 0.5) is 4.79 Å². The number of carbonyl (C=O) groups excluding carboxylic acids is 3. The van der Waals surface area contributed by atoms with Gasteiger partial charge in [0.15, 0.2) is 0 Å². The van der Waals surface area contributed by atoms with E-state index in [2.05, 4.69) is 10.9 Å². The van der Waals surface area contributed by atoms with Crippen LogP contribution in [0.2, 0.25) is 0 Å². The van der Waals surface area contributed by atoms with Gasteiger partial charge in [0.1, 0.15) is 6.10 Å². The fourth-order valence-electron chi connectivity index (χ4n) is 1.81. The molecule has 4 N–H and O–H groups in total. The van der Waals surface area contributed by atoms with Gasteiger partial charge >= 0.3 is 6.09 Å². The van der Waals surface area contributed by atoms with Gasteiger partial charge in [0, 0.05) is 5.92 Å². The number of amides is 3. The van der Waals surface area contributed by atoms with Crippen molar-refractivity contribution in [3.8, 4) is 0 Å². The van der Waals surface area contributed by atoms with Crippen molar-refractivity contribution in [2.24, 2.45) is 11.7 Å². The predicted molar refractivity (Wildman–Crippen MR) is 53.8 cm³/mol. The molecule has 0 saturated heterocycles. The predicted octanol–water partition coefficient (Wildman–Crippen LogP) is -0.582. The molecule has 7 nitrogen and oxygen atoms in total. The molecule has 16 heavy (non-hydrogen) atoms. The highest BCUT2D eigenvalue weighted by Crippen LogP contribution is 2.26. The Kier molecular flexibility index (Phi) is 4.56. The number of hydrogen-bond donors (Lipinski definition) is 3. The number of hydrazine groups is 1. The summed E-state index contributed by atoms with van der Waals surface area (Å²) in [5, 5.41) is 0. The topological polar surface area (TPSA) is 111 Å². The van der Waals surface area contributed by atoms with E-state index in [1.54, 1.807) is 0 Å². The van der Waals surface area contributed by atoms with Crippen LogP contribution in [0.5, 0.6) is 0 Å². The highest BCUT2D eigenvalue weighted by atomic mass is 16.6. The maximum absolute atomic E-state index is 11.4. The zero-order valence-corrected chi connectivity index (χ0v) is 8.77. The van der Waals surface area contributed by atoms with Crippen molar-refractivity contribution >= 4 is 18.4 Å². The Balaban J connectivity index is 2.28. The van der Waals surface area contributed by atoms with E-state index in [9.17, 15) is 14.4 Å². The summed E-state index contributed by atoms with van der Waals surface area (Å²) >= 11 is 0. The molecule has 0 unspecified atom stereocenters. The smallest absolute Gasteiger partial charge is 0.404 e. The first kappa shape index (κ1) is 12.3. The fourth-order valence-corrected chi connectivity index (χ4v) is 1.81. The van der Waals surface area contributed by atoms with Crippen molar-refractivity contribution in [1.82, 2.24) is 10.9 Å². The zero-order chi connectivity index (χ0) is 12.0. The summed E-state index contributed by atoms with van der Waals surface area (Å²) in [5.41, 5.74) is 9.27. The molecule has 0 aromatic carbocycles. The van der Waals surface area contributed by atoms with E-state index in [0.717, 1.165) is 0 Å². The lowest BCUT2D eigenvalue weighted by atomic mass is 9.87. The first-order chi connectivity index (χ1) is 7.63. The molecule has 90 valence electrons. The summed E-state index contributed by atoms with van der Waals surface area (Å²) in [5.74, 6) is -0.371. The lowest BCUT2D eigenvalue weighted by Gasteiger charge is -2.26. The van der Waals surface area contributed by atoms with E-state index < -0.39 is 6.09 Å². The van der Waals surface area contributed by atoms with Crippen molar-refractivity contribution in [3.63, 3.8) is 0 Å². The molecule has 0 aromatic rings. The maximum atomic E-state index is 11.4. The van der Waals surface area contributed by atoms with Gasteiger partial charge in [0.25, 0.3) is 0 Å². The van der Waals surface area contributed by atoms with Crippen molar-refractivity contribution < 1.29 is 19.1 Å². The van der Waals surface area contributed by atoms with E-state index in [0.29, 0.717) is 32.1 Å². The molecular weight excluding hydrogens is 214 g/mol. The van der Waals surface area contributed by atoms with Crippen LogP contribution in [0.15, 0.2) is 0 Å². The second-order valence-electron chi connectivity index (χ2n) is 3.66. The Bertz CT molecular complexity index is 274. The number of hydrogen-bond acceptors (Lipinski definition) is 4. The number of ether oxygens (including phenoxy) is 1. The zero-order valence-electron chi connectivity index (χ0n) is 8.77. The molecule has 0 aliphatic heterocycles. The quantitative estimate of drug-likeness (QED) is 0.442. The van der Waals surface area contributed by atoms with Crippen molar-refractivity contribution in [2.75, 3.05) is 0 Å². The molecule has 1 aliphatic rings. The second-order valence-corrected chi connectivity index (χ2v) is 3.66. The van der Waals surface area contributed by atoms with Crippen molar-refractivity contribution in [1.29, 1.82) is 0 Å². The van der Waals surface area contributed by atoms with Gasteiger partial charge in [-0.2, -0.15) is 0 Å². The van der Waals surface area contributed by atoms with Gasteiger partial charge in [0.05, 0.1) is 0 Å². The lowest BCUT2D eigenvalue weighted by molar-refractivity contribution is -0.129. The Morgan fingerprint density at radius 1 is 1.25 bits per heavy atom. The highest BCUT2D eigenvalue weighted by molar-refractivity contribution is 5.79. The SMILES string of the molecule is NC(=O)OC1CCC(C(=O)NNC=O)CC1. The minimum absolute atomic E-state index is 0.153. The normalized spacial score (nSPS) is 24.2. The van der Waals surface area contributed by atoms with Gasteiger partial charge in [-0.25, -0.2) is 4.79 Å². The average Bonchev–Trinajstić information content (AvgIpc) is 2.26. The molecule has 1 saturated carbocycles. The van der Waals surface area contributed by atoms with Gasteiger partial charge in [-0.3, -0.25) is 20.4 Å². The van der Waals surface area contributed by atoms with Crippen molar-refractivity contribution in [2.45, 2.75) is 31.8 Å². The van der Waals surface area contributed by atoms with Crippen LogP contribution in [-0.2, 0) is 14.3 Å². The average molecular weight is 229 g/mol. The molecule has 7 heteroatoms. The summed E-state index contributed by atoms with van der Waals surface area (Å²) in [7, 11) is 0. The highest BCUT2D eigenvalue weighted by Gasteiger charge is 2.27. The van der Waals surface area contributed by atoms with Crippen LogP contribution in [0.25, 0.3) is 0 Å². The third-order valence-electron chi connectivity index (χ3n) is 2.58. The molecule has 0 bridgehead atoms. The standard InChI is InChI=1S/C9H15N3O4/c10-9(15)16-7-3-1-6(2-4-7)8(14)12-11-5-13/h5-7H,1-4H2,(H2,10,15)(H,11,13)(H,12,14). The van der Waals surface area contributed by atoms with Crippen LogP contribution in [0.3, 0.4) is 0 Å².